The molecule has 1 aromatic heterocycles. The first kappa shape index (κ1) is 16.8. The van der Waals surface area contributed by atoms with Gasteiger partial charge >= 0.3 is 0 Å². The monoisotopic (exact) mass is 417 g/mol. The first-order valence-corrected chi connectivity index (χ1v) is 8.57. The van der Waals surface area contributed by atoms with E-state index < -0.39 is 0 Å². The summed E-state index contributed by atoms with van der Waals surface area (Å²) in [7, 11) is 1.66. The van der Waals surface area contributed by atoms with E-state index >= 15 is 0 Å². The number of ether oxygens (including phenoxy) is 1. The van der Waals surface area contributed by atoms with Crippen molar-refractivity contribution < 1.29 is 9.15 Å². The SMILES string of the molecule is CCNC(c1cc2c(Br)c(OC)cc(Br)c2o1)C(C)(C)C. The van der Waals surface area contributed by atoms with Gasteiger partial charge in [0.25, 0.3) is 0 Å². The van der Waals surface area contributed by atoms with Crippen LogP contribution in [-0.4, -0.2) is 13.7 Å². The van der Waals surface area contributed by atoms with Gasteiger partial charge in [0.1, 0.15) is 17.1 Å². The van der Waals surface area contributed by atoms with Crippen molar-refractivity contribution >= 4 is 42.8 Å². The zero-order valence-corrected chi connectivity index (χ0v) is 16.2. The minimum absolute atomic E-state index is 0.0624. The van der Waals surface area contributed by atoms with E-state index in [-0.39, 0.29) is 11.5 Å². The van der Waals surface area contributed by atoms with Gasteiger partial charge in [0, 0.05) is 5.39 Å². The van der Waals surface area contributed by atoms with E-state index in [1.807, 2.05) is 6.07 Å². The van der Waals surface area contributed by atoms with Crippen LogP contribution in [0.15, 0.2) is 25.5 Å². The molecule has 2 rings (SSSR count). The molecule has 0 fully saturated rings. The average molecular weight is 419 g/mol. The highest BCUT2D eigenvalue weighted by molar-refractivity contribution is 9.11. The Morgan fingerprint density at radius 2 is 1.95 bits per heavy atom. The Morgan fingerprint density at radius 1 is 1.29 bits per heavy atom. The van der Waals surface area contributed by atoms with Gasteiger partial charge in [0.2, 0.25) is 0 Å². The Morgan fingerprint density at radius 3 is 2.48 bits per heavy atom. The third kappa shape index (κ3) is 3.30. The molecule has 0 bridgehead atoms. The van der Waals surface area contributed by atoms with E-state index in [0.717, 1.165) is 38.0 Å². The summed E-state index contributed by atoms with van der Waals surface area (Å²) in [5, 5.41) is 4.53. The van der Waals surface area contributed by atoms with Crippen LogP contribution in [0.3, 0.4) is 0 Å². The Kier molecular flexibility index (Phi) is 5.06. The van der Waals surface area contributed by atoms with Gasteiger partial charge in [-0.3, -0.25) is 0 Å². The van der Waals surface area contributed by atoms with Crippen LogP contribution in [0.25, 0.3) is 11.0 Å². The molecular weight excluding hydrogens is 398 g/mol. The van der Waals surface area contributed by atoms with Crippen LogP contribution < -0.4 is 10.1 Å². The maximum absolute atomic E-state index is 6.13. The van der Waals surface area contributed by atoms with Crippen molar-refractivity contribution in [3.8, 4) is 5.75 Å². The van der Waals surface area contributed by atoms with E-state index in [2.05, 4.69) is 70.9 Å². The van der Waals surface area contributed by atoms with Crippen molar-refractivity contribution in [1.82, 2.24) is 5.32 Å². The van der Waals surface area contributed by atoms with Crippen molar-refractivity contribution in [2.45, 2.75) is 33.7 Å². The number of methoxy groups -OCH3 is 1. The lowest BCUT2D eigenvalue weighted by Gasteiger charge is -2.29. The zero-order chi connectivity index (χ0) is 15.8. The molecule has 1 atom stereocenters. The van der Waals surface area contributed by atoms with E-state index in [9.17, 15) is 0 Å². The second-order valence-electron chi connectivity index (χ2n) is 6.12. The highest BCUT2D eigenvalue weighted by atomic mass is 79.9. The smallest absolute Gasteiger partial charge is 0.149 e. The molecule has 21 heavy (non-hydrogen) atoms. The van der Waals surface area contributed by atoms with Crippen molar-refractivity contribution in [2.75, 3.05) is 13.7 Å². The minimum atomic E-state index is 0.0624. The number of nitrogens with one attached hydrogen (secondary N) is 1. The zero-order valence-electron chi connectivity index (χ0n) is 13.0. The van der Waals surface area contributed by atoms with Crippen LogP contribution in [0.1, 0.15) is 39.5 Å². The molecule has 1 N–H and O–H groups in total. The van der Waals surface area contributed by atoms with Crippen LogP contribution in [-0.2, 0) is 0 Å². The normalized spacial score (nSPS) is 13.7. The molecular formula is C16H21Br2NO2. The fourth-order valence-electron chi connectivity index (χ4n) is 2.46. The standard InChI is InChI=1S/C16H21Br2NO2/c1-6-19-15(16(2,3)4)12-7-9-13(18)11(20-5)8-10(17)14(9)21-12/h7-8,15,19H,6H2,1-5H3. The molecule has 1 aromatic carbocycles. The molecule has 0 saturated heterocycles. The molecule has 0 amide bonds. The van der Waals surface area contributed by atoms with Gasteiger partial charge in [-0.25, -0.2) is 0 Å². The fraction of sp³-hybridized carbons (Fsp3) is 0.500. The van der Waals surface area contributed by atoms with Gasteiger partial charge in [-0.05, 0) is 56.0 Å². The van der Waals surface area contributed by atoms with Crippen LogP contribution in [0.4, 0.5) is 0 Å². The fourth-order valence-corrected chi connectivity index (χ4v) is 3.53. The van der Waals surface area contributed by atoms with Crippen molar-refractivity contribution in [1.29, 1.82) is 0 Å². The number of benzene rings is 1. The third-order valence-electron chi connectivity index (χ3n) is 3.46. The molecule has 0 aliphatic carbocycles. The predicted molar refractivity (Wildman–Crippen MR) is 94.0 cm³/mol. The Balaban J connectivity index is 2.61. The van der Waals surface area contributed by atoms with E-state index in [1.165, 1.54) is 0 Å². The molecule has 0 saturated carbocycles. The lowest BCUT2D eigenvalue weighted by atomic mass is 9.85. The first-order valence-electron chi connectivity index (χ1n) is 6.98. The Hall–Kier alpha value is -0.520. The Labute approximate surface area is 142 Å². The summed E-state index contributed by atoms with van der Waals surface area (Å²) in [6.07, 6.45) is 0. The van der Waals surface area contributed by atoms with E-state index in [0.29, 0.717) is 0 Å². The van der Waals surface area contributed by atoms with Crippen LogP contribution in [0.2, 0.25) is 0 Å². The second kappa shape index (κ2) is 6.31. The molecule has 3 nitrogen and oxygen atoms in total. The molecule has 0 aliphatic rings. The summed E-state index contributed by atoms with van der Waals surface area (Å²) in [6.45, 7) is 9.62. The predicted octanol–water partition coefficient (Wildman–Crippen LogP) is 5.66. The summed E-state index contributed by atoms with van der Waals surface area (Å²) >= 11 is 7.16. The van der Waals surface area contributed by atoms with Gasteiger partial charge in [-0.15, -0.1) is 0 Å². The van der Waals surface area contributed by atoms with Crippen molar-refractivity contribution in [2.24, 2.45) is 5.41 Å². The van der Waals surface area contributed by atoms with Crippen LogP contribution >= 0.6 is 31.9 Å². The topological polar surface area (TPSA) is 34.4 Å². The molecule has 0 radical (unpaired) electrons. The summed E-state index contributed by atoms with van der Waals surface area (Å²) in [5.41, 5.74) is 0.900. The Bertz CT molecular complexity index is 644. The van der Waals surface area contributed by atoms with E-state index in [1.54, 1.807) is 7.11 Å². The van der Waals surface area contributed by atoms with Gasteiger partial charge in [0.05, 0.1) is 22.1 Å². The largest absolute Gasteiger partial charge is 0.496 e. The summed E-state index contributed by atoms with van der Waals surface area (Å²) in [4.78, 5) is 0. The maximum atomic E-state index is 6.13. The molecule has 2 aromatic rings. The first-order chi connectivity index (χ1) is 9.79. The van der Waals surface area contributed by atoms with Gasteiger partial charge < -0.3 is 14.5 Å². The van der Waals surface area contributed by atoms with Gasteiger partial charge in [0.15, 0.2) is 0 Å². The van der Waals surface area contributed by atoms with Crippen LogP contribution in [0, 0.1) is 5.41 Å². The highest BCUT2D eigenvalue weighted by Crippen LogP contribution is 2.43. The highest BCUT2D eigenvalue weighted by Gasteiger charge is 2.29. The number of rotatable bonds is 4. The molecule has 0 aliphatic heterocycles. The molecule has 5 heteroatoms. The summed E-state index contributed by atoms with van der Waals surface area (Å²) in [5.74, 6) is 1.73. The summed E-state index contributed by atoms with van der Waals surface area (Å²) < 4.78 is 13.3. The third-order valence-corrected chi connectivity index (χ3v) is 4.86. The lowest BCUT2D eigenvalue weighted by molar-refractivity contribution is 0.244. The molecule has 0 spiro atoms. The number of hydrogen-bond donors (Lipinski definition) is 1. The average Bonchev–Trinajstić information content (AvgIpc) is 2.84. The van der Waals surface area contributed by atoms with Crippen molar-refractivity contribution in [3.63, 3.8) is 0 Å². The minimum Gasteiger partial charge on any atom is -0.496 e. The maximum Gasteiger partial charge on any atom is 0.149 e. The molecule has 116 valence electrons. The van der Waals surface area contributed by atoms with Crippen LogP contribution in [0.5, 0.6) is 5.75 Å². The number of halogens is 2. The second-order valence-corrected chi connectivity index (χ2v) is 7.77. The number of fused-ring (bicyclic) bond motifs is 1. The quantitative estimate of drug-likeness (QED) is 0.695. The van der Waals surface area contributed by atoms with E-state index in [4.69, 9.17) is 9.15 Å². The lowest BCUT2D eigenvalue weighted by Crippen LogP contribution is -2.31. The number of furan rings is 1. The number of hydrogen-bond acceptors (Lipinski definition) is 3. The van der Waals surface area contributed by atoms with Gasteiger partial charge in [-0.2, -0.15) is 0 Å². The summed E-state index contributed by atoms with van der Waals surface area (Å²) in [6, 6.07) is 4.16. The van der Waals surface area contributed by atoms with Crippen molar-refractivity contribution in [3.05, 3.63) is 26.8 Å². The molecule has 1 heterocycles. The van der Waals surface area contributed by atoms with Gasteiger partial charge in [-0.1, -0.05) is 27.7 Å². The molecule has 1 unspecified atom stereocenters.